The summed E-state index contributed by atoms with van der Waals surface area (Å²) in [5, 5.41) is 16.0. The molecule has 0 atom stereocenters. The van der Waals surface area contributed by atoms with E-state index < -0.39 is 0 Å². The largest absolute Gasteiger partial charge is 0.310 e. The van der Waals surface area contributed by atoms with Crippen LogP contribution in [0.2, 0.25) is 0 Å². The summed E-state index contributed by atoms with van der Waals surface area (Å²) in [6.45, 7) is 1.59. The van der Waals surface area contributed by atoms with E-state index in [9.17, 15) is 0 Å². The second-order valence-electron chi connectivity index (χ2n) is 3.67. The van der Waals surface area contributed by atoms with E-state index in [1.54, 1.807) is 0 Å². The van der Waals surface area contributed by atoms with Crippen molar-refractivity contribution in [3.05, 3.63) is 18.0 Å². The van der Waals surface area contributed by atoms with Crippen LogP contribution in [0.5, 0.6) is 0 Å². The zero-order valence-corrected chi connectivity index (χ0v) is 8.11. The van der Waals surface area contributed by atoms with Crippen molar-refractivity contribution in [2.45, 2.75) is 38.4 Å². The Hall–Kier alpha value is -1.34. The van der Waals surface area contributed by atoms with Crippen LogP contribution >= 0.6 is 0 Å². The zero-order valence-electron chi connectivity index (χ0n) is 8.11. The molecule has 0 bridgehead atoms. The predicted molar refractivity (Wildman–Crippen MR) is 52.3 cm³/mol. The van der Waals surface area contributed by atoms with E-state index in [0.29, 0.717) is 13.0 Å². The Labute approximate surface area is 83.5 Å². The number of hydrogen-bond acceptors (Lipinski definition) is 3. The molecule has 1 aromatic rings. The fraction of sp³-hybridized carbons (Fsp3) is 0.600. The maximum Gasteiger partial charge on any atom is 0.0641 e. The van der Waals surface area contributed by atoms with Gasteiger partial charge in [0, 0.05) is 24.3 Å². The lowest BCUT2D eigenvalue weighted by molar-refractivity contribution is 0.625. The molecule has 0 amide bonds. The summed E-state index contributed by atoms with van der Waals surface area (Å²) >= 11 is 0. The van der Waals surface area contributed by atoms with Crippen molar-refractivity contribution in [3.8, 4) is 6.07 Å². The topological polar surface area (TPSA) is 53.6 Å². The quantitative estimate of drug-likeness (QED) is 0.755. The number of nitrogens with one attached hydrogen (secondary N) is 1. The highest BCUT2D eigenvalue weighted by Crippen LogP contribution is 2.19. The average molecular weight is 190 g/mol. The van der Waals surface area contributed by atoms with Crippen molar-refractivity contribution >= 4 is 0 Å². The normalized spacial score (nSPS) is 15.4. The molecule has 2 rings (SSSR count). The van der Waals surface area contributed by atoms with E-state index in [1.807, 2.05) is 17.1 Å². The molecule has 0 aromatic carbocycles. The first-order chi connectivity index (χ1) is 6.88. The van der Waals surface area contributed by atoms with Gasteiger partial charge >= 0.3 is 0 Å². The van der Waals surface area contributed by atoms with Crippen molar-refractivity contribution in [1.29, 1.82) is 5.26 Å². The highest BCUT2D eigenvalue weighted by molar-refractivity contribution is 5.04. The third kappa shape index (κ3) is 2.57. The molecule has 74 valence electrons. The molecular weight excluding hydrogens is 176 g/mol. The molecule has 1 N–H and O–H groups in total. The summed E-state index contributed by atoms with van der Waals surface area (Å²) < 4.78 is 1.83. The summed E-state index contributed by atoms with van der Waals surface area (Å²) in [7, 11) is 0. The predicted octanol–water partition coefficient (Wildman–Crippen LogP) is 1.05. The fourth-order valence-corrected chi connectivity index (χ4v) is 1.33. The van der Waals surface area contributed by atoms with Gasteiger partial charge in [0.05, 0.1) is 25.2 Å². The summed E-state index contributed by atoms with van der Waals surface area (Å²) in [6.07, 6.45) is 7.02. The molecule has 14 heavy (non-hydrogen) atoms. The van der Waals surface area contributed by atoms with Gasteiger partial charge in [0.2, 0.25) is 0 Å². The monoisotopic (exact) mass is 190 g/mol. The Balaban J connectivity index is 1.79. The van der Waals surface area contributed by atoms with Crippen LogP contribution < -0.4 is 5.32 Å². The molecule has 4 heteroatoms. The van der Waals surface area contributed by atoms with E-state index in [2.05, 4.69) is 16.5 Å². The number of aromatic nitrogens is 2. The Kier molecular flexibility index (Phi) is 2.80. The minimum Gasteiger partial charge on any atom is -0.310 e. The summed E-state index contributed by atoms with van der Waals surface area (Å²) in [4.78, 5) is 0. The van der Waals surface area contributed by atoms with Crippen LogP contribution in [0, 0.1) is 11.3 Å². The number of hydrogen-bond donors (Lipinski definition) is 1. The molecule has 0 spiro atoms. The molecule has 0 unspecified atom stereocenters. The molecule has 1 fully saturated rings. The molecule has 1 heterocycles. The van der Waals surface area contributed by atoms with Crippen LogP contribution in [0.4, 0.5) is 0 Å². The fourth-order valence-electron chi connectivity index (χ4n) is 1.33. The van der Waals surface area contributed by atoms with E-state index >= 15 is 0 Å². The zero-order chi connectivity index (χ0) is 9.80. The van der Waals surface area contributed by atoms with Crippen LogP contribution in [0.1, 0.15) is 24.8 Å². The van der Waals surface area contributed by atoms with Crippen molar-refractivity contribution in [1.82, 2.24) is 15.1 Å². The van der Waals surface area contributed by atoms with Crippen LogP contribution in [-0.4, -0.2) is 15.8 Å². The number of aryl methyl sites for hydroxylation is 1. The standard InChI is InChI=1S/C10H14N4/c11-4-1-5-14-8-9(7-13-14)6-12-10-2-3-10/h7-8,10,12H,1-3,5-6H2. The Morgan fingerprint density at radius 2 is 2.50 bits per heavy atom. The van der Waals surface area contributed by atoms with E-state index in [0.717, 1.165) is 12.6 Å². The Bertz CT molecular complexity index is 332. The van der Waals surface area contributed by atoms with Gasteiger partial charge in [-0.1, -0.05) is 0 Å². The van der Waals surface area contributed by atoms with Gasteiger partial charge in [-0.3, -0.25) is 4.68 Å². The molecule has 4 nitrogen and oxygen atoms in total. The van der Waals surface area contributed by atoms with Crippen LogP contribution in [0.3, 0.4) is 0 Å². The SMILES string of the molecule is N#CCCn1cc(CNC2CC2)cn1. The highest BCUT2D eigenvalue weighted by Gasteiger charge is 2.19. The smallest absolute Gasteiger partial charge is 0.0641 e. The molecule has 0 radical (unpaired) electrons. The van der Waals surface area contributed by atoms with E-state index in [4.69, 9.17) is 5.26 Å². The van der Waals surface area contributed by atoms with Crippen molar-refractivity contribution in [2.24, 2.45) is 0 Å². The maximum atomic E-state index is 8.42. The Morgan fingerprint density at radius 3 is 3.21 bits per heavy atom. The third-order valence-electron chi connectivity index (χ3n) is 2.31. The van der Waals surface area contributed by atoms with Crippen molar-refractivity contribution in [2.75, 3.05) is 0 Å². The maximum absolute atomic E-state index is 8.42. The highest BCUT2D eigenvalue weighted by atomic mass is 15.3. The van der Waals surface area contributed by atoms with Gasteiger partial charge in [-0.15, -0.1) is 0 Å². The number of nitriles is 1. The number of nitrogens with zero attached hydrogens (tertiary/aromatic N) is 3. The minimum atomic E-state index is 0.525. The van der Waals surface area contributed by atoms with Gasteiger partial charge in [0.15, 0.2) is 0 Å². The van der Waals surface area contributed by atoms with Crippen LogP contribution in [0.15, 0.2) is 12.4 Å². The van der Waals surface area contributed by atoms with Crippen molar-refractivity contribution < 1.29 is 0 Å². The number of rotatable bonds is 5. The Morgan fingerprint density at radius 1 is 1.64 bits per heavy atom. The molecule has 1 aromatic heterocycles. The molecule has 0 aliphatic heterocycles. The first-order valence-electron chi connectivity index (χ1n) is 5.00. The second-order valence-corrected chi connectivity index (χ2v) is 3.67. The van der Waals surface area contributed by atoms with Gasteiger partial charge in [-0.2, -0.15) is 10.4 Å². The molecule has 1 aliphatic rings. The second kappa shape index (κ2) is 4.25. The van der Waals surface area contributed by atoms with E-state index in [1.165, 1.54) is 18.4 Å². The van der Waals surface area contributed by atoms with Gasteiger partial charge in [-0.25, -0.2) is 0 Å². The van der Waals surface area contributed by atoms with Crippen LogP contribution in [0.25, 0.3) is 0 Å². The van der Waals surface area contributed by atoms with Crippen molar-refractivity contribution in [3.63, 3.8) is 0 Å². The first-order valence-corrected chi connectivity index (χ1v) is 5.00. The molecule has 1 saturated carbocycles. The third-order valence-corrected chi connectivity index (χ3v) is 2.31. The summed E-state index contributed by atoms with van der Waals surface area (Å²) in [6, 6.07) is 2.84. The van der Waals surface area contributed by atoms with Gasteiger partial charge in [0.1, 0.15) is 0 Å². The average Bonchev–Trinajstić information content (AvgIpc) is 2.92. The molecular formula is C10H14N4. The summed E-state index contributed by atoms with van der Waals surface area (Å²) in [5.41, 5.74) is 1.20. The first kappa shape index (κ1) is 9.22. The van der Waals surface area contributed by atoms with E-state index in [-0.39, 0.29) is 0 Å². The van der Waals surface area contributed by atoms with Gasteiger partial charge < -0.3 is 5.32 Å². The molecule has 1 aliphatic carbocycles. The summed E-state index contributed by atoms with van der Waals surface area (Å²) in [5.74, 6) is 0. The lowest BCUT2D eigenvalue weighted by Gasteiger charge is -1.98. The molecule has 0 saturated heterocycles. The van der Waals surface area contributed by atoms with Gasteiger partial charge in [0.25, 0.3) is 0 Å². The lowest BCUT2D eigenvalue weighted by Crippen LogP contribution is -2.14. The minimum absolute atomic E-state index is 0.525. The van der Waals surface area contributed by atoms with Crippen LogP contribution in [-0.2, 0) is 13.1 Å². The lowest BCUT2D eigenvalue weighted by atomic mass is 10.3. The van der Waals surface area contributed by atoms with Gasteiger partial charge in [-0.05, 0) is 12.8 Å².